The highest BCUT2D eigenvalue weighted by molar-refractivity contribution is 7.80. The molecule has 0 saturated carbocycles. The quantitative estimate of drug-likeness (QED) is 0.603. The van der Waals surface area contributed by atoms with E-state index in [1.54, 1.807) is 12.4 Å². The molecule has 0 spiro atoms. The molecular formula is C15H19N5S. The molecule has 0 bridgehead atoms. The van der Waals surface area contributed by atoms with Crippen molar-refractivity contribution in [3.8, 4) is 0 Å². The minimum atomic E-state index is 0.263. The smallest absolute Gasteiger partial charge is 0.144 e. The number of nitrogens with two attached hydrogens (primary N) is 1. The topological polar surface area (TPSA) is 67.1 Å². The second-order valence-corrected chi connectivity index (χ2v) is 5.13. The fourth-order valence-corrected chi connectivity index (χ4v) is 2.00. The summed E-state index contributed by atoms with van der Waals surface area (Å²) in [7, 11) is 2.09. The normalized spacial score (nSPS) is 10.1. The van der Waals surface area contributed by atoms with Gasteiger partial charge < -0.3 is 16.0 Å². The fraction of sp³-hybridized carbons (Fsp3) is 0.267. The van der Waals surface area contributed by atoms with Crippen molar-refractivity contribution >= 4 is 28.7 Å². The third-order valence-corrected chi connectivity index (χ3v) is 3.29. The molecule has 0 fully saturated rings. The molecule has 0 atom stereocenters. The van der Waals surface area contributed by atoms with E-state index in [9.17, 15) is 0 Å². The highest BCUT2D eigenvalue weighted by atomic mass is 32.1. The number of nitrogens with one attached hydrogen (secondary N) is 1. The zero-order valence-electron chi connectivity index (χ0n) is 12.0. The Bertz CT molecular complexity index is 570. The van der Waals surface area contributed by atoms with E-state index >= 15 is 0 Å². The number of benzene rings is 1. The minimum absolute atomic E-state index is 0.263. The standard InChI is InChI=1S/C15H19N5S/c1-20(12-6-3-2-4-7-12)9-5-8-17-14-11-18-13(10-19-14)15(16)21/h2-4,6-7,10-11H,5,8-9H2,1H3,(H2,16,21)(H,17,19). The largest absolute Gasteiger partial charge is 0.388 e. The molecule has 0 aliphatic carbocycles. The molecule has 2 aromatic rings. The average molecular weight is 301 g/mol. The number of rotatable bonds is 7. The maximum atomic E-state index is 5.48. The van der Waals surface area contributed by atoms with Crippen LogP contribution in [0.2, 0.25) is 0 Å². The Labute approximate surface area is 130 Å². The van der Waals surface area contributed by atoms with Crippen molar-refractivity contribution in [2.45, 2.75) is 6.42 Å². The molecule has 3 N–H and O–H groups in total. The van der Waals surface area contributed by atoms with Gasteiger partial charge in [0.15, 0.2) is 0 Å². The second-order valence-electron chi connectivity index (χ2n) is 4.69. The maximum absolute atomic E-state index is 5.48. The Kier molecular flexibility index (Phi) is 5.45. The van der Waals surface area contributed by atoms with Gasteiger partial charge in [0.1, 0.15) is 16.5 Å². The molecule has 0 radical (unpaired) electrons. The first-order chi connectivity index (χ1) is 10.2. The molecule has 6 heteroatoms. The summed E-state index contributed by atoms with van der Waals surface area (Å²) in [5, 5.41) is 3.23. The zero-order valence-corrected chi connectivity index (χ0v) is 12.8. The summed E-state index contributed by atoms with van der Waals surface area (Å²) in [5.41, 5.74) is 7.24. The van der Waals surface area contributed by atoms with Gasteiger partial charge in [-0.2, -0.15) is 0 Å². The van der Waals surface area contributed by atoms with Gasteiger partial charge in [-0.3, -0.25) is 0 Å². The van der Waals surface area contributed by atoms with Gasteiger partial charge in [-0.1, -0.05) is 30.4 Å². The van der Waals surface area contributed by atoms with Crippen molar-refractivity contribution < 1.29 is 0 Å². The lowest BCUT2D eigenvalue weighted by Gasteiger charge is -2.19. The predicted octanol–water partition coefficient (Wildman–Crippen LogP) is 2.05. The summed E-state index contributed by atoms with van der Waals surface area (Å²) in [5.74, 6) is 0.734. The van der Waals surface area contributed by atoms with Gasteiger partial charge in [0.25, 0.3) is 0 Å². The summed E-state index contributed by atoms with van der Waals surface area (Å²) in [6.07, 6.45) is 4.24. The van der Waals surface area contributed by atoms with E-state index in [1.807, 2.05) is 18.2 Å². The van der Waals surface area contributed by atoms with Crippen LogP contribution in [0.3, 0.4) is 0 Å². The van der Waals surface area contributed by atoms with Gasteiger partial charge in [0.05, 0.1) is 12.4 Å². The Morgan fingerprint density at radius 3 is 2.62 bits per heavy atom. The fourth-order valence-electron chi connectivity index (χ4n) is 1.89. The van der Waals surface area contributed by atoms with Crippen LogP contribution in [0.4, 0.5) is 11.5 Å². The first-order valence-electron chi connectivity index (χ1n) is 6.79. The molecule has 0 unspecified atom stereocenters. The van der Waals surface area contributed by atoms with E-state index in [-0.39, 0.29) is 4.99 Å². The average Bonchev–Trinajstić information content (AvgIpc) is 2.52. The van der Waals surface area contributed by atoms with E-state index in [1.165, 1.54) is 5.69 Å². The van der Waals surface area contributed by atoms with Crippen LogP contribution in [0.5, 0.6) is 0 Å². The van der Waals surface area contributed by atoms with Gasteiger partial charge in [-0.25, -0.2) is 9.97 Å². The minimum Gasteiger partial charge on any atom is -0.388 e. The van der Waals surface area contributed by atoms with Gasteiger partial charge >= 0.3 is 0 Å². The molecule has 0 saturated heterocycles. The van der Waals surface area contributed by atoms with Crippen molar-refractivity contribution in [2.24, 2.45) is 5.73 Å². The summed E-state index contributed by atoms with van der Waals surface area (Å²) >= 11 is 4.84. The lowest BCUT2D eigenvalue weighted by molar-refractivity contribution is 0.813. The van der Waals surface area contributed by atoms with Crippen LogP contribution in [-0.2, 0) is 0 Å². The third kappa shape index (κ3) is 4.68. The number of hydrogen-bond acceptors (Lipinski definition) is 5. The number of nitrogens with zero attached hydrogens (tertiary/aromatic N) is 3. The van der Waals surface area contributed by atoms with Crippen molar-refractivity contribution in [1.29, 1.82) is 0 Å². The van der Waals surface area contributed by atoms with E-state index in [4.69, 9.17) is 18.0 Å². The van der Waals surface area contributed by atoms with Crippen LogP contribution in [0.1, 0.15) is 12.1 Å². The van der Waals surface area contributed by atoms with E-state index in [0.717, 1.165) is 25.3 Å². The van der Waals surface area contributed by atoms with E-state index in [0.29, 0.717) is 5.69 Å². The molecular weight excluding hydrogens is 282 g/mol. The highest BCUT2D eigenvalue weighted by Gasteiger charge is 2.01. The van der Waals surface area contributed by atoms with Crippen molar-refractivity contribution in [3.05, 3.63) is 48.4 Å². The summed E-state index contributed by atoms with van der Waals surface area (Å²) in [4.78, 5) is 10.8. The lowest BCUT2D eigenvalue weighted by Crippen LogP contribution is -2.21. The molecule has 2 rings (SSSR count). The lowest BCUT2D eigenvalue weighted by atomic mass is 10.3. The molecule has 0 aliphatic rings. The molecule has 21 heavy (non-hydrogen) atoms. The molecule has 0 amide bonds. The summed E-state index contributed by atoms with van der Waals surface area (Å²) in [6, 6.07) is 10.3. The first-order valence-corrected chi connectivity index (χ1v) is 7.19. The number of thiocarbonyl (C=S) groups is 1. The Morgan fingerprint density at radius 1 is 1.24 bits per heavy atom. The maximum Gasteiger partial charge on any atom is 0.144 e. The van der Waals surface area contributed by atoms with E-state index < -0.39 is 0 Å². The van der Waals surface area contributed by atoms with Gasteiger partial charge in [-0.15, -0.1) is 0 Å². The second kappa shape index (κ2) is 7.54. The van der Waals surface area contributed by atoms with Crippen LogP contribution < -0.4 is 16.0 Å². The van der Waals surface area contributed by atoms with Gasteiger partial charge in [0.2, 0.25) is 0 Å². The monoisotopic (exact) mass is 301 g/mol. The molecule has 5 nitrogen and oxygen atoms in total. The SMILES string of the molecule is CN(CCCNc1cnc(C(N)=S)cn1)c1ccccc1. The first kappa shape index (κ1) is 15.2. The van der Waals surface area contributed by atoms with Crippen molar-refractivity contribution in [3.63, 3.8) is 0 Å². The Balaban J connectivity index is 1.73. The highest BCUT2D eigenvalue weighted by Crippen LogP contribution is 2.11. The molecule has 1 aromatic carbocycles. The summed E-state index contributed by atoms with van der Waals surface area (Å²) in [6.45, 7) is 1.80. The molecule has 1 aromatic heterocycles. The van der Waals surface area contributed by atoms with Crippen molar-refractivity contribution in [1.82, 2.24) is 9.97 Å². The Hall–Kier alpha value is -2.21. The number of aromatic nitrogens is 2. The van der Waals surface area contributed by atoms with Crippen molar-refractivity contribution in [2.75, 3.05) is 30.4 Å². The molecule has 1 heterocycles. The molecule has 110 valence electrons. The Morgan fingerprint density at radius 2 is 2.00 bits per heavy atom. The third-order valence-electron chi connectivity index (χ3n) is 3.08. The van der Waals surface area contributed by atoms with Crippen LogP contribution >= 0.6 is 12.2 Å². The number of hydrogen-bond donors (Lipinski definition) is 2. The van der Waals surface area contributed by atoms with Gasteiger partial charge in [-0.05, 0) is 18.6 Å². The molecule has 0 aliphatic heterocycles. The number of anilines is 2. The van der Waals surface area contributed by atoms with Gasteiger partial charge in [0, 0.05) is 25.8 Å². The number of para-hydroxylation sites is 1. The zero-order chi connectivity index (χ0) is 15.1. The van der Waals surface area contributed by atoms with Crippen LogP contribution in [0, 0.1) is 0 Å². The predicted molar refractivity (Wildman–Crippen MR) is 90.7 cm³/mol. The van der Waals surface area contributed by atoms with E-state index in [2.05, 4.69) is 39.4 Å². The summed E-state index contributed by atoms with van der Waals surface area (Å²) < 4.78 is 0. The van der Waals surface area contributed by atoms with Crippen LogP contribution in [0.15, 0.2) is 42.7 Å². The van der Waals surface area contributed by atoms with Crippen LogP contribution in [0.25, 0.3) is 0 Å². The van der Waals surface area contributed by atoms with Crippen LogP contribution in [-0.4, -0.2) is 35.1 Å².